The van der Waals surface area contributed by atoms with E-state index in [2.05, 4.69) is 50.7 Å². The minimum atomic E-state index is -0.149. The third kappa shape index (κ3) is 3.05. The molecule has 0 aliphatic rings. The molecular formula is C14H13BrINO. The van der Waals surface area contributed by atoms with E-state index < -0.39 is 0 Å². The molecule has 0 aromatic heterocycles. The van der Waals surface area contributed by atoms with Crippen LogP contribution in [0.1, 0.15) is 17.2 Å². The molecule has 2 N–H and O–H groups in total. The summed E-state index contributed by atoms with van der Waals surface area (Å²) in [5, 5.41) is 0. The monoisotopic (exact) mass is 417 g/mol. The Kier molecular flexibility index (Phi) is 4.64. The Hall–Kier alpha value is -0.590. The van der Waals surface area contributed by atoms with Crippen LogP contribution in [0.15, 0.2) is 46.9 Å². The zero-order valence-electron chi connectivity index (χ0n) is 9.86. The summed E-state index contributed by atoms with van der Waals surface area (Å²) in [5.74, 6) is 0.827. The van der Waals surface area contributed by atoms with Crippen LogP contribution >= 0.6 is 38.5 Å². The van der Waals surface area contributed by atoms with Crippen LogP contribution in [0.2, 0.25) is 0 Å². The molecule has 0 radical (unpaired) electrons. The molecule has 0 bridgehead atoms. The lowest BCUT2D eigenvalue weighted by molar-refractivity contribution is 0.414. The second kappa shape index (κ2) is 6.04. The van der Waals surface area contributed by atoms with Crippen molar-refractivity contribution in [1.29, 1.82) is 0 Å². The van der Waals surface area contributed by atoms with Gasteiger partial charge in [0.2, 0.25) is 0 Å². The summed E-state index contributed by atoms with van der Waals surface area (Å²) in [5.41, 5.74) is 8.48. The highest BCUT2D eigenvalue weighted by Gasteiger charge is 2.13. The van der Waals surface area contributed by atoms with Gasteiger partial charge < -0.3 is 10.5 Å². The molecule has 4 heteroatoms. The van der Waals surface area contributed by atoms with E-state index in [-0.39, 0.29) is 6.04 Å². The number of methoxy groups -OCH3 is 1. The fraction of sp³-hybridized carbons (Fsp3) is 0.143. The Bertz CT molecular complexity index is 559. The summed E-state index contributed by atoms with van der Waals surface area (Å²) in [6, 6.07) is 13.9. The van der Waals surface area contributed by atoms with Crippen molar-refractivity contribution in [3.63, 3.8) is 0 Å². The summed E-state index contributed by atoms with van der Waals surface area (Å²) in [7, 11) is 1.66. The van der Waals surface area contributed by atoms with Crippen molar-refractivity contribution in [2.45, 2.75) is 6.04 Å². The van der Waals surface area contributed by atoms with Gasteiger partial charge in [-0.15, -0.1) is 0 Å². The highest BCUT2D eigenvalue weighted by molar-refractivity contribution is 14.1. The van der Waals surface area contributed by atoms with Gasteiger partial charge in [-0.25, -0.2) is 0 Å². The Morgan fingerprint density at radius 1 is 1.22 bits per heavy atom. The number of hydrogen-bond acceptors (Lipinski definition) is 2. The normalized spacial score (nSPS) is 12.2. The van der Waals surface area contributed by atoms with Crippen LogP contribution in [-0.4, -0.2) is 7.11 Å². The van der Waals surface area contributed by atoms with Crippen molar-refractivity contribution in [3.8, 4) is 5.75 Å². The average molecular weight is 418 g/mol. The highest BCUT2D eigenvalue weighted by atomic mass is 127. The molecule has 0 fully saturated rings. The van der Waals surface area contributed by atoms with Crippen LogP contribution in [-0.2, 0) is 0 Å². The van der Waals surface area contributed by atoms with E-state index in [1.54, 1.807) is 7.11 Å². The lowest BCUT2D eigenvalue weighted by Crippen LogP contribution is -2.13. The SMILES string of the molecule is COc1cccc(C(N)c2cc(Br)ccc2I)c1. The van der Waals surface area contributed by atoms with Crippen LogP contribution in [0.3, 0.4) is 0 Å². The van der Waals surface area contributed by atoms with Crippen LogP contribution in [0.25, 0.3) is 0 Å². The summed E-state index contributed by atoms with van der Waals surface area (Å²) in [6.45, 7) is 0. The minimum Gasteiger partial charge on any atom is -0.497 e. The Morgan fingerprint density at radius 3 is 2.72 bits per heavy atom. The maximum absolute atomic E-state index is 6.33. The van der Waals surface area contributed by atoms with Gasteiger partial charge in [0.05, 0.1) is 13.2 Å². The molecule has 0 saturated heterocycles. The molecule has 0 saturated carbocycles. The zero-order valence-corrected chi connectivity index (χ0v) is 13.6. The molecule has 94 valence electrons. The molecule has 0 aliphatic carbocycles. The molecule has 18 heavy (non-hydrogen) atoms. The van der Waals surface area contributed by atoms with Crippen molar-refractivity contribution in [2.75, 3.05) is 7.11 Å². The van der Waals surface area contributed by atoms with E-state index in [9.17, 15) is 0 Å². The number of rotatable bonds is 3. The highest BCUT2D eigenvalue weighted by Crippen LogP contribution is 2.28. The first-order chi connectivity index (χ1) is 8.61. The van der Waals surface area contributed by atoms with Crippen molar-refractivity contribution in [1.82, 2.24) is 0 Å². The maximum atomic E-state index is 6.33. The third-order valence-corrected chi connectivity index (χ3v) is 4.22. The Balaban J connectivity index is 2.40. The van der Waals surface area contributed by atoms with Gasteiger partial charge >= 0.3 is 0 Å². The van der Waals surface area contributed by atoms with Crippen LogP contribution in [0, 0.1) is 3.57 Å². The molecular weight excluding hydrogens is 405 g/mol. The second-order valence-electron chi connectivity index (χ2n) is 3.92. The van der Waals surface area contributed by atoms with Gasteiger partial charge in [-0.1, -0.05) is 28.1 Å². The average Bonchev–Trinajstić information content (AvgIpc) is 2.41. The number of halogens is 2. The van der Waals surface area contributed by atoms with Crippen LogP contribution < -0.4 is 10.5 Å². The molecule has 0 amide bonds. The third-order valence-electron chi connectivity index (χ3n) is 2.75. The molecule has 0 heterocycles. The fourth-order valence-corrected chi connectivity index (χ4v) is 2.82. The van der Waals surface area contributed by atoms with Crippen LogP contribution in [0.5, 0.6) is 5.75 Å². The Morgan fingerprint density at radius 2 is 2.00 bits per heavy atom. The standard InChI is InChI=1S/C14H13BrINO/c1-18-11-4-2-3-9(7-11)14(17)12-8-10(15)5-6-13(12)16/h2-8,14H,17H2,1H3. The molecule has 1 unspecified atom stereocenters. The zero-order chi connectivity index (χ0) is 13.1. The molecule has 2 nitrogen and oxygen atoms in total. The van der Waals surface area contributed by atoms with Gasteiger partial charge in [-0.05, 0) is 64.0 Å². The van der Waals surface area contributed by atoms with Gasteiger partial charge in [-0.3, -0.25) is 0 Å². The molecule has 0 aliphatic heterocycles. The number of benzene rings is 2. The van der Waals surface area contributed by atoms with Gasteiger partial charge in [0.1, 0.15) is 5.75 Å². The molecule has 2 rings (SSSR count). The first-order valence-electron chi connectivity index (χ1n) is 5.46. The first-order valence-corrected chi connectivity index (χ1v) is 7.33. The molecule has 0 spiro atoms. The predicted octanol–water partition coefficient (Wildman–Crippen LogP) is 4.11. The fourth-order valence-electron chi connectivity index (χ4n) is 1.77. The largest absolute Gasteiger partial charge is 0.497 e. The van der Waals surface area contributed by atoms with E-state index in [0.29, 0.717) is 0 Å². The summed E-state index contributed by atoms with van der Waals surface area (Å²) < 4.78 is 7.42. The van der Waals surface area contributed by atoms with E-state index in [1.165, 1.54) is 0 Å². The van der Waals surface area contributed by atoms with E-state index in [0.717, 1.165) is 24.9 Å². The first kappa shape index (κ1) is 13.8. The van der Waals surface area contributed by atoms with Gasteiger partial charge in [-0.2, -0.15) is 0 Å². The second-order valence-corrected chi connectivity index (χ2v) is 6.00. The van der Waals surface area contributed by atoms with Gasteiger partial charge in [0.15, 0.2) is 0 Å². The van der Waals surface area contributed by atoms with E-state index >= 15 is 0 Å². The predicted molar refractivity (Wildman–Crippen MR) is 85.9 cm³/mol. The molecule has 1 atom stereocenters. The Labute approximate surface area is 129 Å². The summed E-state index contributed by atoms with van der Waals surface area (Å²) >= 11 is 5.79. The number of ether oxygens (including phenoxy) is 1. The summed E-state index contributed by atoms with van der Waals surface area (Å²) in [6.07, 6.45) is 0. The maximum Gasteiger partial charge on any atom is 0.119 e. The number of hydrogen-bond donors (Lipinski definition) is 1. The lowest BCUT2D eigenvalue weighted by atomic mass is 9.99. The van der Waals surface area contributed by atoms with Crippen molar-refractivity contribution in [3.05, 3.63) is 61.6 Å². The van der Waals surface area contributed by atoms with Crippen LogP contribution in [0.4, 0.5) is 0 Å². The van der Waals surface area contributed by atoms with E-state index in [4.69, 9.17) is 10.5 Å². The quantitative estimate of drug-likeness (QED) is 0.762. The van der Waals surface area contributed by atoms with E-state index in [1.807, 2.05) is 30.3 Å². The number of nitrogens with two attached hydrogens (primary N) is 1. The van der Waals surface area contributed by atoms with Crippen molar-refractivity contribution >= 4 is 38.5 Å². The van der Waals surface area contributed by atoms with Gasteiger partial charge in [0, 0.05) is 8.04 Å². The molecule has 2 aromatic carbocycles. The lowest BCUT2D eigenvalue weighted by Gasteiger charge is -2.15. The topological polar surface area (TPSA) is 35.2 Å². The summed E-state index contributed by atoms with van der Waals surface area (Å²) in [4.78, 5) is 0. The van der Waals surface area contributed by atoms with Crippen molar-refractivity contribution < 1.29 is 4.74 Å². The van der Waals surface area contributed by atoms with Gasteiger partial charge in [0.25, 0.3) is 0 Å². The molecule has 2 aromatic rings. The van der Waals surface area contributed by atoms with Crippen molar-refractivity contribution in [2.24, 2.45) is 5.73 Å². The minimum absolute atomic E-state index is 0.149. The smallest absolute Gasteiger partial charge is 0.119 e.